The molecular weight excluding hydrogens is 338 g/mol. The van der Waals surface area contributed by atoms with Gasteiger partial charge in [0.25, 0.3) is 5.69 Å². The molecule has 2 rings (SSSR count). The average Bonchev–Trinajstić information content (AvgIpc) is 3.07. The monoisotopic (exact) mass is 361 g/mol. The highest BCUT2D eigenvalue weighted by molar-refractivity contribution is 7.15. The minimum atomic E-state index is -0.398. The number of nitro groups is 1. The smallest absolute Gasteiger partial charge is 0.269 e. The molecule has 0 bridgehead atoms. The van der Waals surface area contributed by atoms with E-state index in [-0.39, 0.29) is 17.6 Å². The SMILES string of the molecule is CCC(C)NC(=O)CCNCc1ccc(-c2ccc([N+](=O)[O-])cc2)s1. The topological polar surface area (TPSA) is 84.3 Å². The molecule has 0 saturated heterocycles. The number of non-ortho nitro benzene ring substituents is 1. The molecule has 134 valence electrons. The van der Waals surface area contributed by atoms with Crippen molar-refractivity contribution in [2.24, 2.45) is 0 Å². The van der Waals surface area contributed by atoms with Gasteiger partial charge in [0, 0.05) is 47.4 Å². The fraction of sp³-hybridized carbons (Fsp3) is 0.389. The van der Waals surface area contributed by atoms with Gasteiger partial charge in [-0.25, -0.2) is 0 Å². The number of nitro benzene ring substituents is 1. The summed E-state index contributed by atoms with van der Waals surface area (Å²) in [7, 11) is 0. The molecule has 1 atom stereocenters. The van der Waals surface area contributed by atoms with E-state index in [1.165, 1.54) is 12.1 Å². The Morgan fingerprint density at radius 2 is 1.96 bits per heavy atom. The van der Waals surface area contributed by atoms with Crippen molar-refractivity contribution in [1.29, 1.82) is 0 Å². The van der Waals surface area contributed by atoms with E-state index in [2.05, 4.69) is 10.6 Å². The van der Waals surface area contributed by atoms with Gasteiger partial charge in [0.2, 0.25) is 5.91 Å². The third-order valence-electron chi connectivity index (χ3n) is 3.87. The van der Waals surface area contributed by atoms with Crippen molar-refractivity contribution in [2.45, 2.75) is 39.3 Å². The lowest BCUT2D eigenvalue weighted by molar-refractivity contribution is -0.384. The molecule has 0 aliphatic carbocycles. The lowest BCUT2D eigenvalue weighted by atomic mass is 10.2. The Balaban J connectivity index is 1.79. The van der Waals surface area contributed by atoms with Crippen molar-refractivity contribution < 1.29 is 9.72 Å². The number of benzene rings is 1. The molecule has 0 spiro atoms. The quantitative estimate of drug-likeness (QED) is 0.405. The molecule has 0 saturated carbocycles. The van der Waals surface area contributed by atoms with Crippen LogP contribution in [0.2, 0.25) is 0 Å². The molecule has 7 heteroatoms. The number of hydrogen-bond acceptors (Lipinski definition) is 5. The standard InChI is InChI=1S/C18H23N3O3S/c1-3-13(2)20-18(22)10-11-19-12-16-8-9-17(25-16)14-4-6-15(7-5-14)21(23)24/h4-9,13,19H,3,10-12H2,1-2H3,(H,20,22). The summed E-state index contributed by atoms with van der Waals surface area (Å²) in [5, 5.41) is 16.9. The number of nitrogens with one attached hydrogen (secondary N) is 2. The van der Waals surface area contributed by atoms with Crippen molar-refractivity contribution in [3.63, 3.8) is 0 Å². The van der Waals surface area contributed by atoms with Crippen molar-refractivity contribution >= 4 is 22.9 Å². The number of nitrogens with zero attached hydrogens (tertiary/aromatic N) is 1. The van der Waals surface area contributed by atoms with Crippen LogP contribution in [0.4, 0.5) is 5.69 Å². The molecule has 6 nitrogen and oxygen atoms in total. The van der Waals surface area contributed by atoms with Gasteiger partial charge in [0.15, 0.2) is 0 Å². The Kier molecular flexibility index (Phi) is 7.09. The molecule has 0 fully saturated rings. The van der Waals surface area contributed by atoms with Gasteiger partial charge in [0.05, 0.1) is 4.92 Å². The maximum atomic E-state index is 11.7. The van der Waals surface area contributed by atoms with Crippen LogP contribution in [0.1, 0.15) is 31.6 Å². The minimum absolute atomic E-state index is 0.0691. The summed E-state index contributed by atoms with van der Waals surface area (Å²) >= 11 is 1.64. The first kappa shape index (κ1) is 19.1. The highest BCUT2D eigenvalue weighted by Gasteiger charge is 2.08. The molecule has 0 aliphatic heterocycles. The van der Waals surface area contributed by atoms with Crippen molar-refractivity contribution in [2.75, 3.05) is 6.54 Å². The molecule has 0 aliphatic rings. The third kappa shape index (κ3) is 5.95. The van der Waals surface area contributed by atoms with Crippen molar-refractivity contribution in [3.05, 3.63) is 51.4 Å². The van der Waals surface area contributed by atoms with E-state index in [0.717, 1.165) is 21.7 Å². The Morgan fingerprint density at radius 1 is 1.24 bits per heavy atom. The van der Waals surface area contributed by atoms with Crippen LogP contribution in [-0.2, 0) is 11.3 Å². The molecule has 25 heavy (non-hydrogen) atoms. The molecule has 1 amide bonds. The van der Waals surface area contributed by atoms with Gasteiger partial charge in [-0.2, -0.15) is 0 Å². The summed E-state index contributed by atoms with van der Waals surface area (Å²) in [6.45, 7) is 5.38. The van der Waals surface area contributed by atoms with Crippen LogP contribution in [0.25, 0.3) is 10.4 Å². The molecule has 1 aromatic heterocycles. The number of carbonyl (C=O) groups excluding carboxylic acids is 1. The molecule has 2 aromatic rings. The first-order valence-corrected chi connectivity index (χ1v) is 9.15. The largest absolute Gasteiger partial charge is 0.354 e. The summed E-state index contributed by atoms with van der Waals surface area (Å²) in [5.41, 5.74) is 1.06. The Labute approximate surface area is 151 Å². The Morgan fingerprint density at radius 3 is 2.60 bits per heavy atom. The van der Waals surface area contributed by atoms with Crippen molar-refractivity contribution in [3.8, 4) is 10.4 Å². The second-order valence-electron chi connectivity index (χ2n) is 5.87. The summed E-state index contributed by atoms with van der Waals surface area (Å²) in [5.74, 6) is 0.0691. The van der Waals surface area contributed by atoms with Crippen molar-refractivity contribution in [1.82, 2.24) is 10.6 Å². The predicted octanol–water partition coefficient (Wildman–Crippen LogP) is 3.72. The number of hydrogen-bond donors (Lipinski definition) is 2. The van der Waals surface area contributed by atoms with Gasteiger partial charge in [-0.1, -0.05) is 6.92 Å². The highest BCUT2D eigenvalue weighted by atomic mass is 32.1. The fourth-order valence-corrected chi connectivity index (χ4v) is 3.22. The lowest BCUT2D eigenvalue weighted by Crippen LogP contribution is -2.33. The molecule has 1 aromatic carbocycles. The van der Waals surface area contributed by atoms with Crippen LogP contribution in [-0.4, -0.2) is 23.4 Å². The predicted molar refractivity (Wildman–Crippen MR) is 101 cm³/mol. The van der Waals surface area contributed by atoms with Crippen LogP contribution in [0.3, 0.4) is 0 Å². The maximum Gasteiger partial charge on any atom is 0.269 e. The summed E-state index contributed by atoms with van der Waals surface area (Å²) in [6, 6.07) is 10.8. The zero-order valence-corrected chi connectivity index (χ0v) is 15.3. The van der Waals surface area contributed by atoms with Gasteiger partial charge >= 0.3 is 0 Å². The zero-order valence-electron chi connectivity index (χ0n) is 14.5. The van der Waals surface area contributed by atoms with Gasteiger partial charge in [0.1, 0.15) is 0 Å². The maximum absolute atomic E-state index is 11.7. The summed E-state index contributed by atoms with van der Waals surface area (Å²) in [4.78, 5) is 24.2. The Bertz CT molecular complexity index is 713. The summed E-state index contributed by atoms with van der Waals surface area (Å²) < 4.78 is 0. The zero-order chi connectivity index (χ0) is 18.2. The molecular formula is C18H23N3O3S. The second kappa shape index (κ2) is 9.29. The minimum Gasteiger partial charge on any atom is -0.354 e. The van der Waals surface area contributed by atoms with Crippen LogP contribution in [0.15, 0.2) is 36.4 Å². The van der Waals surface area contributed by atoms with Crippen LogP contribution in [0.5, 0.6) is 0 Å². The van der Waals surface area contributed by atoms with E-state index in [1.807, 2.05) is 26.0 Å². The molecule has 1 heterocycles. The van der Waals surface area contributed by atoms with E-state index in [4.69, 9.17) is 0 Å². The molecule has 0 radical (unpaired) electrons. The highest BCUT2D eigenvalue weighted by Crippen LogP contribution is 2.29. The van der Waals surface area contributed by atoms with Gasteiger partial charge < -0.3 is 10.6 Å². The second-order valence-corrected chi connectivity index (χ2v) is 7.04. The molecule has 1 unspecified atom stereocenters. The van der Waals surface area contributed by atoms with Crippen LogP contribution < -0.4 is 10.6 Å². The molecule has 2 N–H and O–H groups in total. The van der Waals surface area contributed by atoms with E-state index in [9.17, 15) is 14.9 Å². The van der Waals surface area contributed by atoms with Gasteiger partial charge in [-0.05, 0) is 43.2 Å². The normalized spacial score (nSPS) is 11.9. The third-order valence-corrected chi connectivity index (χ3v) is 5.01. The summed E-state index contributed by atoms with van der Waals surface area (Å²) in [6.07, 6.45) is 1.39. The number of thiophene rings is 1. The fourth-order valence-electron chi connectivity index (χ4n) is 2.24. The Hall–Kier alpha value is -2.25. The van der Waals surface area contributed by atoms with E-state index in [0.29, 0.717) is 19.5 Å². The van der Waals surface area contributed by atoms with Crippen LogP contribution >= 0.6 is 11.3 Å². The van der Waals surface area contributed by atoms with Gasteiger partial charge in [-0.15, -0.1) is 11.3 Å². The van der Waals surface area contributed by atoms with Crippen LogP contribution in [0, 0.1) is 10.1 Å². The number of carbonyl (C=O) groups is 1. The first-order valence-electron chi connectivity index (χ1n) is 8.33. The average molecular weight is 361 g/mol. The lowest BCUT2D eigenvalue weighted by Gasteiger charge is -2.11. The van der Waals surface area contributed by atoms with E-state index < -0.39 is 4.92 Å². The number of amides is 1. The first-order chi connectivity index (χ1) is 12.0. The van der Waals surface area contributed by atoms with E-state index in [1.54, 1.807) is 23.5 Å². The van der Waals surface area contributed by atoms with Gasteiger partial charge in [-0.3, -0.25) is 14.9 Å². The number of rotatable bonds is 9. The van der Waals surface area contributed by atoms with E-state index >= 15 is 0 Å².